The standard InChI is InChI=1S/C14H17N3O3S/c1-2-20-13(19)10-3-5-11(6-4-10)17-12(18)9-21-14-15-7-8-16-14/h3-6H,2,7-9H2,1H3,(H,15,16)(H,17,18). The Kier molecular flexibility index (Phi) is 5.62. The lowest BCUT2D eigenvalue weighted by Gasteiger charge is -2.06. The molecule has 0 aliphatic carbocycles. The smallest absolute Gasteiger partial charge is 0.338 e. The van der Waals surface area contributed by atoms with Crippen LogP contribution in [-0.4, -0.2) is 42.5 Å². The summed E-state index contributed by atoms with van der Waals surface area (Å²) in [6.07, 6.45) is 0. The highest BCUT2D eigenvalue weighted by molar-refractivity contribution is 8.14. The number of ether oxygens (including phenoxy) is 1. The van der Waals surface area contributed by atoms with Crippen molar-refractivity contribution in [3.8, 4) is 0 Å². The first-order chi connectivity index (χ1) is 10.2. The maximum absolute atomic E-state index is 11.8. The van der Waals surface area contributed by atoms with E-state index in [0.29, 0.717) is 23.6 Å². The minimum atomic E-state index is -0.365. The molecule has 1 aliphatic rings. The highest BCUT2D eigenvalue weighted by Gasteiger charge is 2.10. The number of nitrogens with zero attached hydrogens (tertiary/aromatic N) is 1. The van der Waals surface area contributed by atoms with Crippen molar-refractivity contribution in [2.75, 3.05) is 30.8 Å². The number of carbonyl (C=O) groups is 2. The molecule has 0 saturated heterocycles. The summed E-state index contributed by atoms with van der Waals surface area (Å²) in [5.41, 5.74) is 1.11. The Morgan fingerprint density at radius 3 is 2.76 bits per heavy atom. The largest absolute Gasteiger partial charge is 0.462 e. The number of amides is 1. The average molecular weight is 307 g/mol. The topological polar surface area (TPSA) is 79.8 Å². The van der Waals surface area contributed by atoms with Gasteiger partial charge in [0.15, 0.2) is 5.17 Å². The van der Waals surface area contributed by atoms with Crippen LogP contribution in [0.2, 0.25) is 0 Å². The van der Waals surface area contributed by atoms with E-state index in [4.69, 9.17) is 4.74 Å². The summed E-state index contributed by atoms with van der Waals surface area (Å²) >= 11 is 1.38. The molecule has 112 valence electrons. The first kappa shape index (κ1) is 15.4. The van der Waals surface area contributed by atoms with Gasteiger partial charge in [-0.25, -0.2) is 4.79 Å². The highest BCUT2D eigenvalue weighted by atomic mass is 32.2. The van der Waals surface area contributed by atoms with E-state index in [1.165, 1.54) is 11.8 Å². The van der Waals surface area contributed by atoms with E-state index < -0.39 is 0 Å². The molecular weight excluding hydrogens is 290 g/mol. The second-order valence-corrected chi connectivity index (χ2v) is 5.21. The first-order valence-corrected chi connectivity index (χ1v) is 7.65. The number of rotatable bonds is 5. The number of amidine groups is 1. The molecule has 1 amide bonds. The van der Waals surface area contributed by atoms with Gasteiger partial charge in [0, 0.05) is 12.2 Å². The van der Waals surface area contributed by atoms with Crippen LogP contribution in [0.3, 0.4) is 0 Å². The van der Waals surface area contributed by atoms with Crippen molar-refractivity contribution in [3.63, 3.8) is 0 Å². The van der Waals surface area contributed by atoms with Crippen molar-refractivity contribution in [1.29, 1.82) is 0 Å². The van der Waals surface area contributed by atoms with Crippen molar-refractivity contribution in [2.24, 2.45) is 4.99 Å². The van der Waals surface area contributed by atoms with Gasteiger partial charge in [0.25, 0.3) is 0 Å². The van der Waals surface area contributed by atoms with E-state index in [-0.39, 0.29) is 11.9 Å². The molecule has 1 aromatic carbocycles. The third kappa shape index (κ3) is 4.78. The first-order valence-electron chi connectivity index (χ1n) is 6.67. The van der Waals surface area contributed by atoms with Gasteiger partial charge in [-0.1, -0.05) is 11.8 Å². The van der Waals surface area contributed by atoms with E-state index in [9.17, 15) is 9.59 Å². The van der Waals surface area contributed by atoms with Crippen molar-refractivity contribution < 1.29 is 14.3 Å². The number of hydrogen-bond donors (Lipinski definition) is 2. The molecule has 0 aromatic heterocycles. The van der Waals surface area contributed by atoms with Gasteiger partial charge in [0.05, 0.1) is 24.5 Å². The van der Waals surface area contributed by atoms with Gasteiger partial charge >= 0.3 is 5.97 Å². The summed E-state index contributed by atoms with van der Waals surface area (Å²) in [7, 11) is 0. The van der Waals surface area contributed by atoms with Crippen LogP contribution in [0.15, 0.2) is 29.3 Å². The Bertz CT molecular complexity index is 543. The number of thioether (sulfide) groups is 1. The van der Waals surface area contributed by atoms with Crippen LogP contribution in [0.25, 0.3) is 0 Å². The molecule has 7 heteroatoms. The van der Waals surface area contributed by atoms with Gasteiger partial charge in [-0.15, -0.1) is 0 Å². The number of anilines is 1. The summed E-state index contributed by atoms with van der Waals surface area (Å²) in [6.45, 7) is 3.69. The Morgan fingerprint density at radius 1 is 1.38 bits per heavy atom. The predicted molar refractivity (Wildman–Crippen MR) is 83.8 cm³/mol. The summed E-state index contributed by atoms with van der Waals surface area (Å²) in [5.74, 6) is -0.178. The van der Waals surface area contributed by atoms with Crippen LogP contribution < -0.4 is 10.6 Å². The molecule has 0 atom stereocenters. The quantitative estimate of drug-likeness (QED) is 0.806. The minimum Gasteiger partial charge on any atom is -0.462 e. The third-order valence-corrected chi connectivity index (χ3v) is 3.62. The Hall–Kier alpha value is -2.02. The van der Waals surface area contributed by atoms with Crippen LogP contribution >= 0.6 is 11.8 Å². The Morgan fingerprint density at radius 2 is 2.14 bits per heavy atom. The van der Waals surface area contributed by atoms with E-state index in [1.54, 1.807) is 31.2 Å². The molecule has 0 radical (unpaired) electrons. The van der Waals surface area contributed by atoms with E-state index >= 15 is 0 Å². The van der Waals surface area contributed by atoms with E-state index in [0.717, 1.165) is 18.3 Å². The maximum Gasteiger partial charge on any atom is 0.338 e. The zero-order chi connectivity index (χ0) is 15.1. The van der Waals surface area contributed by atoms with E-state index in [2.05, 4.69) is 15.6 Å². The molecule has 6 nitrogen and oxygen atoms in total. The van der Waals surface area contributed by atoms with Crippen molar-refractivity contribution >= 4 is 34.5 Å². The van der Waals surface area contributed by atoms with Gasteiger partial charge in [-0.3, -0.25) is 9.79 Å². The normalized spacial score (nSPS) is 13.3. The molecule has 2 N–H and O–H groups in total. The summed E-state index contributed by atoms with van der Waals surface area (Å²) < 4.78 is 4.89. The third-order valence-electron chi connectivity index (χ3n) is 2.66. The van der Waals surface area contributed by atoms with Crippen LogP contribution in [0.4, 0.5) is 5.69 Å². The number of aliphatic imine (C=N–C) groups is 1. The summed E-state index contributed by atoms with van der Waals surface area (Å²) in [6, 6.07) is 6.62. The van der Waals surface area contributed by atoms with Crippen molar-refractivity contribution in [2.45, 2.75) is 6.92 Å². The molecule has 21 heavy (non-hydrogen) atoms. The molecule has 0 unspecified atom stereocenters. The second kappa shape index (κ2) is 7.68. The minimum absolute atomic E-state index is 0.111. The molecule has 2 rings (SSSR count). The van der Waals surface area contributed by atoms with Crippen molar-refractivity contribution in [3.05, 3.63) is 29.8 Å². The summed E-state index contributed by atoms with van der Waals surface area (Å²) in [4.78, 5) is 27.5. The molecule has 0 spiro atoms. The number of hydrogen-bond acceptors (Lipinski definition) is 6. The monoisotopic (exact) mass is 307 g/mol. The Balaban J connectivity index is 1.82. The molecule has 1 aliphatic heterocycles. The molecule has 1 heterocycles. The zero-order valence-corrected chi connectivity index (χ0v) is 12.5. The van der Waals surface area contributed by atoms with Gasteiger partial charge < -0.3 is 15.4 Å². The van der Waals surface area contributed by atoms with Gasteiger partial charge in [-0.05, 0) is 31.2 Å². The average Bonchev–Trinajstić information content (AvgIpc) is 2.99. The molecular formula is C14H17N3O3S. The highest BCUT2D eigenvalue weighted by Crippen LogP contribution is 2.12. The fourth-order valence-corrected chi connectivity index (χ4v) is 2.43. The molecule has 0 fully saturated rings. The van der Waals surface area contributed by atoms with Gasteiger partial charge in [0.2, 0.25) is 5.91 Å². The second-order valence-electron chi connectivity index (χ2n) is 4.25. The zero-order valence-electron chi connectivity index (χ0n) is 11.7. The van der Waals surface area contributed by atoms with Crippen LogP contribution in [0.5, 0.6) is 0 Å². The fraction of sp³-hybridized carbons (Fsp3) is 0.357. The lowest BCUT2D eigenvalue weighted by molar-refractivity contribution is -0.113. The number of nitrogens with one attached hydrogen (secondary N) is 2. The van der Waals surface area contributed by atoms with Crippen molar-refractivity contribution in [1.82, 2.24) is 5.32 Å². The number of esters is 1. The predicted octanol–water partition coefficient (Wildman–Crippen LogP) is 1.49. The maximum atomic E-state index is 11.8. The Labute approximate surface area is 127 Å². The number of carbonyl (C=O) groups excluding carboxylic acids is 2. The van der Waals surface area contributed by atoms with Crippen LogP contribution in [-0.2, 0) is 9.53 Å². The summed E-state index contributed by atoms with van der Waals surface area (Å²) in [5, 5.41) is 6.67. The van der Waals surface area contributed by atoms with E-state index in [1.807, 2.05) is 0 Å². The molecule has 1 aromatic rings. The van der Waals surface area contributed by atoms with Crippen LogP contribution in [0.1, 0.15) is 17.3 Å². The fourth-order valence-electron chi connectivity index (χ4n) is 1.71. The number of benzene rings is 1. The van der Waals surface area contributed by atoms with Crippen LogP contribution in [0, 0.1) is 0 Å². The van der Waals surface area contributed by atoms with Gasteiger partial charge in [0.1, 0.15) is 0 Å². The lowest BCUT2D eigenvalue weighted by Crippen LogP contribution is -2.20. The molecule has 0 bridgehead atoms. The molecule has 0 saturated carbocycles. The SMILES string of the molecule is CCOC(=O)c1ccc(NC(=O)CSC2=NCCN2)cc1. The van der Waals surface area contributed by atoms with Gasteiger partial charge in [-0.2, -0.15) is 0 Å². The lowest BCUT2D eigenvalue weighted by atomic mass is 10.2.